The SMILES string of the molecule is CC(CC(=C/N)/C=N/C(F)F)C(=O)NC(C)(C)Cn1nc(C(C)(F)F)cc1-c1ccc(=O)n(C)c1.CCCC.CCCC1(C(C)=O)CC1c1ccc(-c2cnc3nn(C)cc3c2)cc1. The lowest BCUT2D eigenvalue weighted by molar-refractivity contribution is -0.126. The lowest BCUT2D eigenvalue weighted by Gasteiger charge is -2.29. The van der Waals surface area contributed by atoms with Gasteiger partial charge in [0.05, 0.1) is 17.8 Å². The number of alkyl halides is 4. The van der Waals surface area contributed by atoms with Crippen molar-refractivity contribution >= 4 is 28.9 Å². The summed E-state index contributed by atoms with van der Waals surface area (Å²) in [6.45, 7) is 11.2. The van der Waals surface area contributed by atoms with Crippen LogP contribution >= 0.6 is 0 Å². The van der Waals surface area contributed by atoms with E-state index >= 15 is 0 Å². The van der Waals surface area contributed by atoms with E-state index in [0.717, 1.165) is 60.8 Å². The Balaban J connectivity index is 0.000000269. The van der Waals surface area contributed by atoms with Crippen LogP contribution in [0.5, 0.6) is 0 Å². The van der Waals surface area contributed by atoms with E-state index in [1.54, 1.807) is 39.4 Å². The van der Waals surface area contributed by atoms with Crippen LogP contribution in [0.1, 0.15) is 111 Å². The second-order valence-corrected chi connectivity index (χ2v) is 17.4. The van der Waals surface area contributed by atoms with Gasteiger partial charge in [-0.2, -0.15) is 27.8 Å². The molecule has 64 heavy (non-hydrogen) atoms. The molecule has 1 amide bonds. The second kappa shape index (κ2) is 21.6. The number of aromatic nitrogens is 6. The number of unbranched alkanes of at least 4 members (excludes halogenated alkanes) is 1. The highest BCUT2D eigenvalue weighted by Crippen LogP contribution is 2.62. The standard InChI is InChI=1S/C23H30F4N6O2.C21H23N3O.C4H10/c1-14(8-15(10-28)11-29-21(24)25)20(35)30-22(2,3)13-33-17(9-18(31-33)23(4,26)27)16-6-7-19(34)32(5)12-16;1-4-9-21(14(2)25)11-19(21)16-7-5-15(6-8-16)17-10-18-13-24(3)23-20(18)22-12-17;1-3-4-2/h6-7,9-12,14,21H,8,13,28H2,1-5H3,(H,30,35);5-8,10,12-13,19H,4,9,11H2,1-3H3;3-4H2,1-2H3/b15-10-,29-11+;;. The minimum atomic E-state index is -3.20. The molecule has 1 aliphatic rings. The number of fused-ring (bicyclic) bond motifs is 1. The highest BCUT2D eigenvalue weighted by atomic mass is 19.3. The van der Waals surface area contributed by atoms with Crippen molar-refractivity contribution in [2.75, 3.05) is 0 Å². The lowest BCUT2D eigenvalue weighted by Crippen LogP contribution is -2.48. The Morgan fingerprint density at radius 1 is 0.969 bits per heavy atom. The number of nitrogens with zero attached hydrogens (tertiary/aromatic N) is 7. The number of hydrogen-bond donors (Lipinski definition) is 2. The third-order valence-electron chi connectivity index (χ3n) is 11.3. The van der Waals surface area contributed by atoms with Crippen LogP contribution in [0.25, 0.3) is 33.4 Å². The summed E-state index contributed by atoms with van der Waals surface area (Å²) in [6.07, 6.45) is 13.2. The van der Waals surface area contributed by atoms with E-state index in [1.165, 1.54) is 52.0 Å². The summed E-state index contributed by atoms with van der Waals surface area (Å²) in [5.74, 6) is -3.50. The smallest absolute Gasteiger partial charge is 0.331 e. The summed E-state index contributed by atoms with van der Waals surface area (Å²) < 4.78 is 57.2. The van der Waals surface area contributed by atoms with Crippen LogP contribution in [-0.2, 0) is 36.2 Å². The predicted octanol–water partition coefficient (Wildman–Crippen LogP) is 9.72. The zero-order chi connectivity index (χ0) is 47.6. The van der Waals surface area contributed by atoms with Crippen molar-refractivity contribution < 1.29 is 27.2 Å². The third kappa shape index (κ3) is 13.3. The van der Waals surface area contributed by atoms with Crippen molar-refractivity contribution in [2.24, 2.45) is 36.2 Å². The first-order valence-corrected chi connectivity index (χ1v) is 21.7. The van der Waals surface area contributed by atoms with Crippen LogP contribution in [-0.4, -0.2) is 59.1 Å². The van der Waals surface area contributed by atoms with Crippen LogP contribution in [0.4, 0.5) is 17.6 Å². The topological polar surface area (TPSA) is 155 Å². The zero-order valence-corrected chi connectivity index (χ0v) is 38.6. The average Bonchev–Trinajstić information content (AvgIpc) is 3.61. The van der Waals surface area contributed by atoms with Gasteiger partial charge in [-0.05, 0) is 87.1 Å². The Hall–Kier alpha value is -5.93. The summed E-state index contributed by atoms with van der Waals surface area (Å²) in [7, 11) is 3.45. The van der Waals surface area contributed by atoms with Gasteiger partial charge < -0.3 is 15.6 Å². The number of aliphatic imine (C=N–C) groups is 1. The number of halogens is 4. The zero-order valence-electron chi connectivity index (χ0n) is 38.6. The molecule has 3 N–H and O–H groups in total. The maximum atomic E-state index is 14.0. The first-order valence-electron chi connectivity index (χ1n) is 21.7. The number of nitrogens with one attached hydrogen (secondary N) is 1. The summed E-state index contributed by atoms with van der Waals surface area (Å²) in [5, 5.41) is 12.3. The summed E-state index contributed by atoms with van der Waals surface area (Å²) >= 11 is 0. The summed E-state index contributed by atoms with van der Waals surface area (Å²) in [4.78, 5) is 44.1. The molecular formula is C48H63F4N9O3. The summed E-state index contributed by atoms with van der Waals surface area (Å²) in [6, 6.07) is 14.8. The number of nitrogens with two attached hydrogens (primary N) is 1. The number of rotatable bonds is 16. The first kappa shape index (κ1) is 50.7. The fourth-order valence-corrected chi connectivity index (χ4v) is 7.49. The van der Waals surface area contributed by atoms with E-state index in [2.05, 4.69) is 76.6 Å². The van der Waals surface area contributed by atoms with Crippen molar-refractivity contribution in [3.8, 4) is 22.4 Å². The van der Waals surface area contributed by atoms with Crippen LogP contribution in [0.15, 0.2) is 88.7 Å². The molecule has 1 saturated carbocycles. The second-order valence-electron chi connectivity index (χ2n) is 17.4. The van der Waals surface area contributed by atoms with Crippen LogP contribution in [0.3, 0.4) is 0 Å². The van der Waals surface area contributed by atoms with Gasteiger partial charge in [0, 0.05) is 79.7 Å². The van der Waals surface area contributed by atoms with Gasteiger partial charge in [-0.1, -0.05) is 71.2 Å². The van der Waals surface area contributed by atoms with E-state index in [9.17, 15) is 31.9 Å². The number of amides is 1. The van der Waals surface area contributed by atoms with Gasteiger partial charge in [0.25, 0.3) is 5.92 Å². The fourth-order valence-electron chi connectivity index (χ4n) is 7.49. The Morgan fingerprint density at radius 3 is 2.19 bits per heavy atom. The molecule has 4 heterocycles. The number of hydrogen-bond acceptors (Lipinski definition) is 8. The van der Waals surface area contributed by atoms with Crippen LogP contribution < -0.4 is 16.6 Å². The van der Waals surface area contributed by atoms with Gasteiger partial charge in [0.15, 0.2) is 5.65 Å². The minimum Gasteiger partial charge on any atom is -0.404 e. The molecule has 346 valence electrons. The highest BCUT2D eigenvalue weighted by Gasteiger charge is 2.57. The Morgan fingerprint density at radius 2 is 1.62 bits per heavy atom. The van der Waals surface area contributed by atoms with Gasteiger partial charge in [-0.3, -0.25) is 23.7 Å². The fraction of sp³-hybridized carbons (Fsp3) is 0.479. The van der Waals surface area contributed by atoms with Crippen molar-refractivity contribution in [1.82, 2.24) is 34.4 Å². The largest absolute Gasteiger partial charge is 0.404 e. The molecule has 4 aromatic heterocycles. The van der Waals surface area contributed by atoms with E-state index in [4.69, 9.17) is 5.73 Å². The molecule has 1 aromatic carbocycles. The van der Waals surface area contributed by atoms with E-state index < -0.39 is 35.5 Å². The number of Topliss-reactive ketones (excluding diaryl/α,β-unsaturated/α-hetero) is 1. The van der Waals surface area contributed by atoms with E-state index in [0.29, 0.717) is 23.0 Å². The maximum absolute atomic E-state index is 14.0. The van der Waals surface area contributed by atoms with Gasteiger partial charge in [0.1, 0.15) is 11.5 Å². The normalized spacial score (nSPS) is 16.9. The molecule has 16 heteroatoms. The molecule has 6 rings (SSSR count). The lowest BCUT2D eigenvalue weighted by atomic mass is 9.90. The predicted molar refractivity (Wildman–Crippen MR) is 245 cm³/mol. The average molecular weight is 890 g/mol. The Labute approximate surface area is 373 Å². The van der Waals surface area contributed by atoms with E-state index in [1.807, 2.05) is 19.4 Å². The highest BCUT2D eigenvalue weighted by molar-refractivity contribution is 5.87. The van der Waals surface area contributed by atoms with Gasteiger partial charge in [-0.25, -0.2) is 9.98 Å². The van der Waals surface area contributed by atoms with Gasteiger partial charge in [-0.15, -0.1) is 0 Å². The van der Waals surface area contributed by atoms with Gasteiger partial charge in [0.2, 0.25) is 11.5 Å². The van der Waals surface area contributed by atoms with Crippen LogP contribution in [0, 0.1) is 11.3 Å². The van der Waals surface area contributed by atoms with Crippen molar-refractivity contribution in [3.05, 3.63) is 101 Å². The number of aryl methyl sites for hydroxylation is 2. The molecule has 0 saturated heterocycles. The number of carbonyl (C=O) groups is 2. The third-order valence-corrected chi connectivity index (χ3v) is 11.3. The Kier molecular flexibility index (Phi) is 17.1. The molecule has 0 spiro atoms. The van der Waals surface area contributed by atoms with E-state index in [-0.39, 0.29) is 29.5 Å². The number of ketones is 1. The molecule has 3 unspecified atom stereocenters. The monoisotopic (exact) mass is 889 g/mol. The molecule has 1 aliphatic carbocycles. The Bertz CT molecular complexity index is 2480. The van der Waals surface area contributed by atoms with Crippen molar-refractivity contribution in [2.45, 2.75) is 124 Å². The summed E-state index contributed by atoms with van der Waals surface area (Å²) in [5.41, 5.74) is 9.10. The molecule has 0 radical (unpaired) electrons. The quantitative estimate of drug-likeness (QED) is 0.0568. The molecule has 0 aliphatic heterocycles. The molecule has 0 bridgehead atoms. The van der Waals surface area contributed by atoms with Crippen LogP contribution in [0.2, 0.25) is 0 Å². The molecule has 12 nitrogen and oxygen atoms in total. The molecule has 1 fully saturated rings. The molecule has 5 aromatic rings. The number of allylic oxidation sites excluding steroid dienone is 1. The first-order chi connectivity index (χ1) is 30.1. The minimum absolute atomic E-state index is 0.0339. The van der Waals surface area contributed by atoms with Crippen molar-refractivity contribution in [1.29, 1.82) is 0 Å². The maximum Gasteiger partial charge on any atom is 0.331 e. The molecular weight excluding hydrogens is 827 g/mol. The van der Waals surface area contributed by atoms with Crippen molar-refractivity contribution in [3.63, 3.8) is 0 Å². The van der Waals surface area contributed by atoms with Gasteiger partial charge >= 0.3 is 6.55 Å². The number of benzene rings is 1. The number of pyridine rings is 2. The molecule has 3 atom stereocenters. The number of carbonyl (C=O) groups excluding carboxylic acids is 2.